The number of hydrogen-bond acceptors (Lipinski definition) is 6. The van der Waals surface area contributed by atoms with Crippen molar-refractivity contribution in [2.45, 2.75) is 0 Å². The molecule has 0 spiro atoms. The maximum atomic E-state index is 10.5. The third-order valence-corrected chi connectivity index (χ3v) is 2.61. The average molecular weight is 319 g/mol. The van der Waals surface area contributed by atoms with E-state index in [9.17, 15) is 19.7 Å². The number of carboxylic acids is 2. The fraction of sp³-hybridized carbons (Fsp3) is 0. The summed E-state index contributed by atoms with van der Waals surface area (Å²) < 4.78 is 0. The molecule has 0 aromatic heterocycles. The molecular formula is C14H13N3O6. The van der Waals surface area contributed by atoms with Crippen LogP contribution in [0.3, 0.4) is 0 Å². The predicted octanol–water partition coefficient (Wildman–Crippen LogP) is 1.84. The van der Waals surface area contributed by atoms with Crippen molar-refractivity contribution in [3.63, 3.8) is 0 Å². The maximum absolute atomic E-state index is 10.5. The topological polar surface area (TPSA) is 170 Å². The number of nitrogens with two attached hydrogens (primary N) is 2. The van der Waals surface area contributed by atoms with E-state index in [2.05, 4.69) is 0 Å². The van der Waals surface area contributed by atoms with Gasteiger partial charge in [-0.25, -0.2) is 9.59 Å². The van der Waals surface area contributed by atoms with Crippen LogP contribution >= 0.6 is 0 Å². The van der Waals surface area contributed by atoms with Gasteiger partial charge in [-0.1, -0.05) is 6.07 Å². The molecule has 0 saturated carbocycles. The first-order chi connectivity index (χ1) is 10.7. The van der Waals surface area contributed by atoms with Crippen LogP contribution in [0.15, 0.2) is 42.5 Å². The van der Waals surface area contributed by atoms with Crippen molar-refractivity contribution >= 4 is 29.0 Å². The van der Waals surface area contributed by atoms with Crippen molar-refractivity contribution in [2.75, 3.05) is 11.5 Å². The Morgan fingerprint density at radius 2 is 1.65 bits per heavy atom. The largest absolute Gasteiger partial charge is 0.478 e. The number of nitrogens with zero attached hydrogens (tertiary/aromatic N) is 1. The minimum Gasteiger partial charge on any atom is -0.478 e. The van der Waals surface area contributed by atoms with Crippen molar-refractivity contribution in [2.24, 2.45) is 0 Å². The fourth-order valence-corrected chi connectivity index (χ4v) is 1.53. The van der Waals surface area contributed by atoms with Crippen molar-refractivity contribution < 1.29 is 24.7 Å². The summed E-state index contributed by atoms with van der Waals surface area (Å²) in [4.78, 5) is 30.4. The van der Waals surface area contributed by atoms with Gasteiger partial charge in [-0.15, -0.1) is 0 Å². The Morgan fingerprint density at radius 1 is 1.00 bits per heavy atom. The monoisotopic (exact) mass is 319 g/mol. The highest BCUT2D eigenvalue weighted by Crippen LogP contribution is 2.19. The van der Waals surface area contributed by atoms with Gasteiger partial charge in [-0.3, -0.25) is 10.1 Å². The fourth-order valence-electron chi connectivity index (χ4n) is 1.53. The number of hydrogen-bond donors (Lipinski definition) is 4. The van der Waals surface area contributed by atoms with Gasteiger partial charge in [0.1, 0.15) is 0 Å². The van der Waals surface area contributed by atoms with Gasteiger partial charge in [0, 0.05) is 17.8 Å². The zero-order valence-electron chi connectivity index (χ0n) is 11.7. The molecular weight excluding hydrogens is 306 g/mol. The molecule has 0 radical (unpaired) electrons. The van der Waals surface area contributed by atoms with Crippen LogP contribution in [0.5, 0.6) is 0 Å². The van der Waals surface area contributed by atoms with Crippen molar-refractivity contribution in [1.82, 2.24) is 0 Å². The molecule has 0 aliphatic carbocycles. The van der Waals surface area contributed by atoms with Crippen LogP contribution in [-0.4, -0.2) is 27.1 Å². The molecule has 2 aromatic rings. The normalized spacial score (nSPS) is 9.39. The predicted molar refractivity (Wildman–Crippen MR) is 82.3 cm³/mol. The van der Waals surface area contributed by atoms with E-state index in [4.69, 9.17) is 21.7 Å². The summed E-state index contributed by atoms with van der Waals surface area (Å²) in [5, 5.41) is 27.2. The second-order valence-electron chi connectivity index (χ2n) is 4.26. The molecule has 9 nitrogen and oxygen atoms in total. The molecule has 23 heavy (non-hydrogen) atoms. The molecule has 0 saturated heterocycles. The van der Waals surface area contributed by atoms with Gasteiger partial charge in [0.25, 0.3) is 5.69 Å². The van der Waals surface area contributed by atoms with Crippen LogP contribution in [0, 0.1) is 10.1 Å². The molecule has 0 atom stereocenters. The van der Waals surface area contributed by atoms with Gasteiger partial charge in [0.15, 0.2) is 0 Å². The molecule has 0 aliphatic rings. The Bertz CT molecular complexity index is 760. The second kappa shape index (κ2) is 7.41. The van der Waals surface area contributed by atoms with E-state index >= 15 is 0 Å². The molecule has 2 rings (SSSR count). The number of rotatable bonds is 3. The van der Waals surface area contributed by atoms with Crippen LogP contribution < -0.4 is 11.5 Å². The van der Waals surface area contributed by atoms with Crippen LogP contribution in [0.4, 0.5) is 17.1 Å². The van der Waals surface area contributed by atoms with E-state index in [0.29, 0.717) is 5.69 Å². The van der Waals surface area contributed by atoms with E-state index < -0.39 is 16.9 Å². The van der Waals surface area contributed by atoms with Crippen LogP contribution in [0.1, 0.15) is 20.7 Å². The van der Waals surface area contributed by atoms with Crippen molar-refractivity contribution in [1.29, 1.82) is 0 Å². The number of benzene rings is 2. The molecule has 0 heterocycles. The smallest absolute Gasteiger partial charge is 0.337 e. The summed E-state index contributed by atoms with van der Waals surface area (Å²) in [6.45, 7) is 0. The number of nitro benzene ring substituents is 1. The number of anilines is 2. The summed E-state index contributed by atoms with van der Waals surface area (Å²) in [5.74, 6) is -2.15. The summed E-state index contributed by atoms with van der Waals surface area (Å²) in [6.07, 6.45) is 0. The lowest BCUT2D eigenvalue weighted by Crippen LogP contribution is -2.02. The molecule has 9 heteroatoms. The summed E-state index contributed by atoms with van der Waals surface area (Å²) in [5.41, 5.74) is 10.8. The number of carbonyl (C=O) groups is 2. The first-order valence-electron chi connectivity index (χ1n) is 6.08. The van der Waals surface area contributed by atoms with E-state index in [1.54, 1.807) is 12.1 Å². The summed E-state index contributed by atoms with van der Waals surface area (Å²) in [7, 11) is 0. The first-order valence-corrected chi connectivity index (χ1v) is 6.08. The maximum Gasteiger partial charge on any atom is 0.337 e. The SMILES string of the molecule is Nc1cc([N+](=O)[O-])ccc1C(=O)O.Nc1cccc(C(=O)O)c1. The van der Waals surface area contributed by atoms with Crippen molar-refractivity contribution in [3.05, 3.63) is 63.7 Å². The molecule has 0 fully saturated rings. The molecule has 2 aromatic carbocycles. The zero-order chi connectivity index (χ0) is 17.6. The minimum absolute atomic E-state index is 0.110. The lowest BCUT2D eigenvalue weighted by Gasteiger charge is -1.98. The number of nitrogen functional groups attached to an aromatic ring is 2. The number of carboxylic acid groups (broad SMARTS) is 2. The molecule has 120 valence electrons. The molecule has 6 N–H and O–H groups in total. The van der Waals surface area contributed by atoms with Gasteiger partial charge in [0.2, 0.25) is 0 Å². The second-order valence-corrected chi connectivity index (χ2v) is 4.26. The highest BCUT2D eigenvalue weighted by molar-refractivity contribution is 5.94. The summed E-state index contributed by atoms with van der Waals surface area (Å²) in [6, 6.07) is 9.39. The van der Waals surface area contributed by atoms with E-state index in [0.717, 1.165) is 18.2 Å². The van der Waals surface area contributed by atoms with Crippen LogP contribution in [0.25, 0.3) is 0 Å². The molecule has 0 unspecified atom stereocenters. The summed E-state index contributed by atoms with van der Waals surface area (Å²) >= 11 is 0. The van der Waals surface area contributed by atoms with Gasteiger partial charge < -0.3 is 21.7 Å². The van der Waals surface area contributed by atoms with Gasteiger partial charge in [-0.2, -0.15) is 0 Å². The highest BCUT2D eigenvalue weighted by atomic mass is 16.6. The minimum atomic E-state index is -1.20. The third kappa shape index (κ3) is 5.01. The highest BCUT2D eigenvalue weighted by Gasteiger charge is 2.12. The molecule has 0 bridgehead atoms. The standard InChI is InChI=1S/C7H6N2O4.C7H7NO2/c8-6-3-4(9(12)13)1-2-5(6)7(10)11;8-6-3-1-2-5(4-6)7(9)10/h1-3H,8H2,(H,10,11);1-4H,8H2,(H,9,10). The van der Waals surface area contributed by atoms with Crippen LogP contribution in [0.2, 0.25) is 0 Å². The Balaban J connectivity index is 0.000000238. The van der Waals surface area contributed by atoms with E-state index in [-0.39, 0.29) is 22.5 Å². The van der Waals surface area contributed by atoms with Crippen molar-refractivity contribution in [3.8, 4) is 0 Å². The van der Waals surface area contributed by atoms with E-state index in [1.807, 2.05) is 0 Å². The lowest BCUT2D eigenvalue weighted by atomic mass is 10.1. The van der Waals surface area contributed by atoms with E-state index in [1.165, 1.54) is 12.1 Å². The zero-order valence-corrected chi connectivity index (χ0v) is 11.7. The Hall–Kier alpha value is -3.62. The third-order valence-electron chi connectivity index (χ3n) is 2.61. The number of aromatic carboxylic acids is 2. The number of nitro groups is 1. The first kappa shape index (κ1) is 17.4. The molecule has 0 aliphatic heterocycles. The Kier molecular flexibility index (Phi) is 5.61. The Morgan fingerprint density at radius 3 is 2.04 bits per heavy atom. The van der Waals surface area contributed by atoms with Crippen LogP contribution in [-0.2, 0) is 0 Å². The molecule has 0 amide bonds. The van der Waals surface area contributed by atoms with Gasteiger partial charge in [0.05, 0.1) is 21.7 Å². The lowest BCUT2D eigenvalue weighted by molar-refractivity contribution is -0.384. The Labute approximate surface area is 129 Å². The average Bonchev–Trinajstić information content (AvgIpc) is 2.47. The van der Waals surface area contributed by atoms with Gasteiger partial charge in [-0.05, 0) is 24.3 Å². The van der Waals surface area contributed by atoms with Gasteiger partial charge >= 0.3 is 11.9 Å². The quantitative estimate of drug-likeness (QED) is 0.377. The number of non-ortho nitro benzene ring substituents is 1.